The van der Waals surface area contributed by atoms with Crippen molar-refractivity contribution in [2.45, 2.75) is 0 Å². The predicted molar refractivity (Wildman–Crippen MR) is 78.9 cm³/mol. The Hall–Kier alpha value is -3.22. The summed E-state index contributed by atoms with van der Waals surface area (Å²) in [5.41, 5.74) is 2.49. The maximum Gasteiger partial charge on any atom is 0.357 e. The Kier molecular flexibility index (Phi) is 4.81. The molecule has 0 aliphatic heterocycles. The number of carbonyl (C=O) groups is 2. The minimum Gasteiger partial charge on any atom is -0.496 e. The Bertz CT molecular complexity index is 714. The number of rotatable bonds is 5. The van der Waals surface area contributed by atoms with Gasteiger partial charge in [-0.2, -0.15) is 5.10 Å². The maximum atomic E-state index is 11.9. The molecule has 1 aromatic carbocycles. The zero-order chi connectivity index (χ0) is 15.9. The van der Waals surface area contributed by atoms with E-state index in [4.69, 9.17) is 4.74 Å². The number of aromatic nitrogens is 1. The van der Waals surface area contributed by atoms with E-state index in [-0.39, 0.29) is 11.3 Å². The largest absolute Gasteiger partial charge is 0.496 e. The van der Waals surface area contributed by atoms with Crippen LogP contribution in [0.4, 0.5) is 0 Å². The van der Waals surface area contributed by atoms with Crippen LogP contribution in [0, 0.1) is 0 Å². The van der Waals surface area contributed by atoms with Crippen LogP contribution in [0.2, 0.25) is 0 Å². The summed E-state index contributed by atoms with van der Waals surface area (Å²) in [5, 5.41) is 13.0. The van der Waals surface area contributed by atoms with E-state index in [2.05, 4.69) is 15.5 Å². The van der Waals surface area contributed by atoms with Crippen LogP contribution in [0.3, 0.4) is 0 Å². The molecule has 22 heavy (non-hydrogen) atoms. The Morgan fingerprint density at radius 3 is 2.50 bits per heavy atom. The van der Waals surface area contributed by atoms with E-state index in [1.807, 2.05) is 0 Å². The second-order valence-electron chi connectivity index (χ2n) is 4.14. The number of para-hydroxylation sites is 1. The first-order chi connectivity index (χ1) is 10.6. The summed E-state index contributed by atoms with van der Waals surface area (Å²) in [6.45, 7) is 0. The number of methoxy groups -OCH3 is 1. The van der Waals surface area contributed by atoms with Gasteiger partial charge in [0.1, 0.15) is 5.75 Å². The first-order valence-corrected chi connectivity index (χ1v) is 6.28. The van der Waals surface area contributed by atoms with Crippen molar-refractivity contribution < 1.29 is 19.4 Å². The van der Waals surface area contributed by atoms with Crippen molar-refractivity contribution in [2.75, 3.05) is 7.11 Å². The van der Waals surface area contributed by atoms with E-state index < -0.39 is 11.9 Å². The predicted octanol–water partition coefficient (Wildman–Crippen LogP) is 1.31. The number of carboxylic acid groups (broad SMARTS) is 1. The minimum absolute atomic E-state index is 0.271. The molecule has 112 valence electrons. The molecule has 1 heterocycles. The number of carboxylic acids is 1. The smallest absolute Gasteiger partial charge is 0.357 e. The summed E-state index contributed by atoms with van der Waals surface area (Å²) in [6, 6.07) is 9.50. The Morgan fingerprint density at radius 2 is 1.86 bits per heavy atom. The molecule has 2 N–H and O–H groups in total. The molecule has 2 aromatic rings. The number of hydrogen-bond donors (Lipinski definition) is 2. The number of nitrogens with one attached hydrogen (secondary N) is 1. The lowest BCUT2D eigenvalue weighted by Crippen LogP contribution is -2.24. The maximum absolute atomic E-state index is 11.9. The van der Waals surface area contributed by atoms with Gasteiger partial charge in [0, 0.05) is 18.0 Å². The molecule has 0 atom stereocenters. The molecule has 0 unspecified atom stereocenters. The highest BCUT2D eigenvalue weighted by molar-refractivity contribution is 6.43. The summed E-state index contributed by atoms with van der Waals surface area (Å²) in [6.07, 6.45) is 2.91. The van der Waals surface area contributed by atoms with Gasteiger partial charge in [-0.3, -0.25) is 9.78 Å². The first-order valence-electron chi connectivity index (χ1n) is 6.28. The monoisotopic (exact) mass is 299 g/mol. The number of carbonyl (C=O) groups excluding carboxylic acids is 1. The van der Waals surface area contributed by atoms with E-state index in [9.17, 15) is 14.7 Å². The summed E-state index contributed by atoms with van der Waals surface area (Å²) < 4.78 is 5.10. The highest BCUT2D eigenvalue weighted by atomic mass is 16.5. The van der Waals surface area contributed by atoms with E-state index in [0.29, 0.717) is 11.3 Å². The van der Waals surface area contributed by atoms with Crippen LogP contribution >= 0.6 is 0 Å². The van der Waals surface area contributed by atoms with Gasteiger partial charge in [-0.25, -0.2) is 10.2 Å². The van der Waals surface area contributed by atoms with Gasteiger partial charge in [-0.15, -0.1) is 0 Å². The third-order valence-corrected chi connectivity index (χ3v) is 2.78. The van der Waals surface area contributed by atoms with Crippen molar-refractivity contribution in [2.24, 2.45) is 5.10 Å². The quantitative estimate of drug-likeness (QED) is 0.640. The summed E-state index contributed by atoms with van der Waals surface area (Å²) in [7, 11) is 1.42. The van der Waals surface area contributed by atoms with Crippen LogP contribution in [0.15, 0.2) is 53.9 Å². The van der Waals surface area contributed by atoms with Crippen LogP contribution in [-0.2, 0) is 4.79 Å². The summed E-state index contributed by atoms with van der Waals surface area (Å²) in [4.78, 5) is 27.1. The summed E-state index contributed by atoms with van der Waals surface area (Å²) >= 11 is 0. The number of aliphatic carboxylic acids is 1. The molecule has 0 radical (unpaired) electrons. The van der Waals surface area contributed by atoms with Crippen molar-refractivity contribution in [3.63, 3.8) is 0 Å². The Balaban J connectivity index is 2.29. The molecule has 2 rings (SSSR count). The van der Waals surface area contributed by atoms with Gasteiger partial charge in [-0.05, 0) is 24.3 Å². The SMILES string of the molecule is COc1ccccc1C(=NNC(=O)c1ccncc1)C(=O)O. The van der Waals surface area contributed by atoms with E-state index in [1.165, 1.54) is 31.6 Å². The van der Waals surface area contributed by atoms with Gasteiger partial charge in [-0.1, -0.05) is 12.1 Å². The first kappa shape index (κ1) is 15.2. The highest BCUT2D eigenvalue weighted by Crippen LogP contribution is 2.18. The standard InChI is InChI=1S/C15H13N3O4/c1-22-12-5-3-2-4-11(12)13(15(20)21)17-18-14(19)10-6-8-16-9-7-10/h2-9H,1H3,(H,18,19)(H,20,21). The molecule has 1 amide bonds. The second-order valence-corrected chi connectivity index (χ2v) is 4.14. The Labute approximate surface area is 126 Å². The van der Waals surface area contributed by atoms with Crippen molar-refractivity contribution in [1.29, 1.82) is 0 Å². The van der Waals surface area contributed by atoms with Gasteiger partial charge < -0.3 is 9.84 Å². The summed E-state index contributed by atoms with van der Waals surface area (Å²) in [5.74, 6) is -1.46. The van der Waals surface area contributed by atoms with E-state index >= 15 is 0 Å². The molecule has 0 saturated heterocycles. The average Bonchev–Trinajstić information content (AvgIpc) is 2.55. The van der Waals surface area contributed by atoms with Gasteiger partial charge in [0.2, 0.25) is 0 Å². The molecule has 0 aliphatic rings. The average molecular weight is 299 g/mol. The number of hydrogen-bond acceptors (Lipinski definition) is 5. The third-order valence-electron chi connectivity index (χ3n) is 2.78. The van der Waals surface area contributed by atoms with Crippen LogP contribution in [0.1, 0.15) is 15.9 Å². The van der Waals surface area contributed by atoms with Gasteiger partial charge in [0.25, 0.3) is 5.91 Å². The Morgan fingerprint density at radius 1 is 1.18 bits per heavy atom. The van der Waals surface area contributed by atoms with E-state index in [1.54, 1.807) is 24.3 Å². The normalized spacial score (nSPS) is 10.9. The lowest BCUT2D eigenvalue weighted by molar-refractivity contribution is -0.129. The second kappa shape index (κ2) is 6.98. The van der Waals surface area contributed by atoms with Crippen LogP contribution in [-0.4, -0.2) is 34.8 Å². The zero-order valence-corrected chi connectivity index (χ0v) is 11.7. The number of benzene rings is 1. The lowest BCUT2D eigenvalue weighted by Gasteiger charge is -2.08. The van der Waals surface area contributed by atoms with Gasteiger partial charge >= 0.3 is 5.97 Å². The van der Waals surface area contributed by atoms with Crippen molar-refractivity contribution >= 4 is 17.6 Å². The lowest BCUT2D eigenvalue weighted by atomic mass is 10.1. The molecular formula is C15H13N3O4. The van der Waals surface area contributed by atoms with Gasteiger partial charge in [0.15, 0.2) is 5.71 Å². The van der Waals surface area contributed by atoms with Crippen molar-refractivity contribution in [3.8, 4) is 5.75 Å². The molecule has 0 aliphatic carbocycles. The zero-order valence-electron chi connectivity index (χ0n) is 11.7. The van der Waals surface area contributed by atoms with Gasteiger partial charge in [0.05, 0.1) is 12.7 Å². The molecule has 0 saturated carbocycles. The van der Waals surface area contributed by atoms with Crippen molar-refractivity contribution in [1.82, 2.24) is 10.4 Å². The highest BCUT2D eigenvalue weighted by Gasteiger charge is 2.17. The number of amides is 1. The van der Waals surface area contributed by atoms with Crippen LogP contribution < -0.4 is 10.2 Å². The number of ether oxygens (including phenoxy) is 1. The molecule has 1 aromatic heterocycles. The fourth-order valence-corrected chi connectivity index (χ4v) is 1.74. The minimum atomic E-state index is -1.28. The molecule has 0 bridgehead atoms. The molecule has 0 spiro atoms. The number of hydrazone groups is 1. The number of pyridine rings is 1. The van der Waals surface area contributed by atoms with Crippen LogP contribution in [0.5, 0.6) is 5.75 Å². The molecule has 7 heteroatoms. The fraction of sp³-hybridized carbons (Fsp3) is 0.0667. The van der Waals surface area contributed by atoms with Crippen molar-refractivity contribution in [3.05, 3.63) is 59.9 Å². The van der Waals surface area contributed by atoms with E-state index in [0.717, 1.165) is 0 Å². The third kappa shape index (κ3) is 3.45. The fourth-order valence-electron chi connectivity index (χ4n) is 1.74. The number of nitrogens with zero attached hydrogens (tertiary/aromatic N) is 2. The van der Waals surface area contributed by atoms with Crippen LogP contribution in [0.25, 0.3) is 0 Å². The topological polar surface area (TPSA) is 101 Å². The molecule has 0 fully saturated rings. The molecule has 7 nitrogen and oxygen atoms in total. The molecular weight excluding hydrogens is 286 g/mol.